The summed E-state index contributed by atoms with van der Waals surface area (Å²) < 4.78 is 4.99. The van der Waals surface area contributed by atoms with Gasteiger partial charge in [-0.3, -0.25) is 4.99 Å². The molecule has 0 bridgehead atoms. The minimum absolute atomic E-state index is 0.787. The van der Waals surface area contributed by atoms with E-state index >= 15 is 0 Å². The molecule has 1 rings (SSSR count). The Morgan fingerprint density at radius 3 is 3.07 bits per heavy atom. The highest BCUT2D eigenvalue weighted by molar-refractivity contribution is 5.81. The van der Waals surface area contributed by atoms with Crippen LogP contribution in [0.3, 0.4) is 0 Å². The summed E-state index contributed by atoms with van der Waals surface area (Å²) in [5.41, 5.74) is 0. The van der Waals surface area contributed by atoms with Gasteiger partial charge in [0, 0.05) is 33.3 Å². The Balaban J connectivity index is 1.97. The average molecular weight is 200 g/mol. The third-order valence-corrected chi connectivity index (χ3v) is 2.14. The van der Waals surface area contributed by atoms with Gasteiger partial charge in [-0.05, 0) is 7.05 Å². The molecule has 0 atom stereocenters. The van der Waals surface area contributed by atoms with Crippen molar-refractivity contribution < 1.29 is 4.74 Å². The Hall–Kier alpha value is -0.810. The second-order valence-electron chi connectivity index (χ2n) is 3.38. The normalized spacial score (nSPS) is 15.5. The van der Waals surface area contributed by atoms with Gasteiger partial charge in [-0.15, -0.1) is 0 Å². The maximum absolute atomic E-state index is 4.99. The molecule has 0 amide bonds. The highest BCUT2D eigenvalue weighted by Crippen LogP contribution is 1.83. The van der Waals surface area contributed by atoms with Crippen LogP contribution in [0.5, 0.6) is 0 Å². The molecule has 0 unspecified atom stereocenters. The van der Waals surface area contributed by atoms with E-state index in [2.05, 4.69) is 27.6 Å². The number of hydrogen-bond acceptors (Lipinski definition) is 5. The minimum atomic E-state index is 0.787. The zero-order valence-corrected chi connectivity index (χ0v) is 9.05. The van der Waals surface area contributed by atoms with Crippen molar-refractivity contribution >= 4 is 5.96 Å². The molecular weight excluding hydrogens is 180 g/mol. The van der Waals surface area contributed by atoms with Gasteiger partial charge in [0.1, 0.15) is 0 Å². The van der Waals surface area contributed by atoms with Crippen LogP contribution in [-0.2, 0) is 4.74 Å². The highest BCUT2D eigenvalue weighted by Gasteiger charge is 2.03. The first kappa shape index (κ1) is 11.3. The number of nitrogens with zero attached hydrogens (tertiary/aromatic N) is 2. The molecule has 0 aliphatic carbocycles. The van der Waals surface area contributed by atoms with Crippen molar-refractivity contribution in [3.63, 3.8) is 0 Å². The Morgan fingerprint density at radius 2 is 2.43 bits per heavy atom. The quantitative estimate of drug-likeness (QED) is 0.584. The van der Waals surface area contributed by atoms with Crippen molar-refractivity contribution in [3.8, 4) is 0 Å². The Kier molecular flexibility index (Phi) is 5.32. The largest absolute Gasteiger partial charge is 0.383 e. The van der Waals surface area contributed by atoms with Crippen molar-refractivity contribution in [2.75, 3.05) is 53.5 Å². The molecule has 2 N–H and O–H groups in total. The van der Waals surface area contributed by atoms with Crippen LogP contribution in [0.25, 0.3) is 0 Å². The van der Waals surface area contributed by atoms with Crippen LogP contribution >= 0.6 is 0 Å². The third-order valence-electron chi connectivity index (χ3n) is 2.14. The van der Waals surface area contributed by atoms with Crippen molar-refractivity contribution in [3.05, 3.63) is 0 Å². The number of nitrogens with one attached hydrogen (secondary N) is 2. The molecule has 14 heavy (non-hydrogen) atoms. The zero-order chi connectivity index (χ0) is 10.2. The van der Waals surface area contributed by atoms with E-state index in [-0.39, 0.29) is 0 Å². The van der Waals surface area contributed by atoms with Crippen LogP contribution < -0.4 is 10.6 Å². The second kappa shape index (κ2) is 6.62. The van der Waals surface area contributed by atoms with Crippen LogP contribution in [0.2, 0.25) is 0 Å². The number of ether oxygens (including phenoxy) is 1. The van der Waals surface area contributed by atoms with Crippen LogP contribution in [0.4, 0.5) is 0 Å². The van der Waals surface area contributed by atoms with Gasteiger partial charge >= 0.3 is 0 Å². The standard InChI is InChI=1S/C9H20N4O/c1-13(7-8-14-2)6-5-12-9-10-3-4-11-9/h3-8H2,1-2H3,(H2,10,11,12). The molecule has 1 heterocycles. The first-order valence-corrected chi connectivity index (χ1v) is 5.02. The molecule has 0 aromatic heterocycles. The van der Waals surface area contributed by atoms with Crippen molar-refractivity contribution in [2.45, 2.75) is 0 Å². The molecule has 0 saturated heterocycles. The molecule has 1 aliphatic rings. The third kappa shape index (κ3) is 4.43. The lowest BCUT2D eigenvalue weighted by Crippen LogP contribution is -2.39. The number of rotatable bonds is 6. The van der Waals surface area contributed by atoms with Gasteiger partial charge in [0.05, 0.1) is 13.2 Å². The summed E-state index contributed by atoms with van der Waals surface area (Å²) in [5, 5.41) is 6.41. The fourth-order valence-electron chi connectivity index (χ4n) is 1.24. The summed E-state index contributed by atoms with van der Waals surface area (Å²) in [6, 6.07) is 0. The SMILES string of the molecule is COCCN(C)CCNC1=NCCN1. The lowest BCUT2D eigenvalue weighted by Gasteiger charge is -2.16. The molecule has 0 aromatic rings. The number of hydrogen-bond donors (Lipinski definition) is 2. The number of aliphatic imine (C=N–C) groups is 1. The van der Waals surface area contributed by atoms with Crippen LogP contribution in [-0.4, -0.2) is 64.3 Å². The van der Waals surface area contributed by atoms with Crippen molar-refractivity contribution in [2.24, 2.45) is 4.99 Å². The number of methoxy groups -OCH3 is 1. The van der Waals surface area contributed by atoms with E-state index in [1.54, 1.807) is 7.11 Å². The topological polar surface area (TPSA) is 48.9 Å². The van der Waals surface area contributed by atoms with E-state index in [4.69, 9.17) is 4.74 Å². The van der Waals surface area contributed by atoms with Crippen molar-refractivity contribution in [1.29, 1.82) is 0 Å². The summed E-state index contributed by atoms with van der Waals surface area (Å²) in [5.74, 6) is 0.935. The predicted octanol–water partition coefficient (Wildman–Crippen LogP) is -0.887. The second-order valence-corrected chi connectivity index (χ2v) is 3.38. The fraction of sp³-hybridized carbons (Fsp3) is 0.889. The Bertz CT molecular complexity index is 184. The Morgan fingerprint density at radius 1 is 1.57 bits per heavy atom. The molecule has 0 fully saturated rings. The zero-order valence-electron chi connectivity index (χ0n) is 9.05. The molecule has 5 nitrogen and oxygen atoms in total. The van der Waals surface area contributed by atoms with Gasteiger partial charge in [0.2, 0.25) is 0 Å². The first-order valence-electron chi connectivity index (χ1n) is 5.02. The van der Waals surface area contributed by atoms with Gasteiger partial charge in [0.15, 0.2) is 5.96 Å². The molecule has 0 aromatic carbocycles. The van der Waals surface area contributed by atoms with Crippen LogP contribution in [0.15, 0.2) is 4.99 Å². The lowest BCUT2D eigenvalue weighted by molar-refractivity contribution is 0.162. The van der Waals surface area contributed by atoms with E-state index < -0.39 is 0 Å². The average Bonchev–Trinajstić information content (AvgIpc) is 2.67. The Labute approximate surface area is 85.5 Å². The molecule has 82 valence electrons. The smallest absolute Gasteiger partial charge is 0.191 e. The number of likely N-dealkylation sites (N-methyl/N-ethyl adjacent to an activating group) is 1. The molecular formula is C9H20N4O. The molecule has 0 radical (unpaired) electrons. The molecule has 0 spiro atoms. The van der Waals surface area contributed by atoms with E-state index in [1.165, 1.54) is 0 Å². The van der Waals surface area contributed by atoms with Crippen LogP contribution in [0, 0.1) is 0 Å². The highest BCUT2D eigenvalue weighted by atomic mass is 16.5. The molecule has 1 aliphatic heterocycles. The predicted molar refractivity (Wildman–Crippen MR) is 57.7 cm³/mol. The fourth-order valence-corrected chi connectivity index (χ4v) is 1.24. The summed E-state index contributed by atoms with van der Waals surface area (Å²) in [4.78, 5) is 6.47. The minimum Gasteiger partial charge on any atom is -0.383 e. The van der Waals surface area contributed by atoms with E-state index in [0.717, 1.165) is 45.3 Å². The van der Waals surface area contributed by atoms with Crippen LogP contribution in [0.1, 0.15) is 0 Å². The number of guanidine groups is 1. The summed E-state index contributed by atoms with van der Waals surface area (Å²) in [7, 11) is 3.81. The maximum Gasteiger partial charge on any atom is 0.191 e. The van der Waals surface area contributed by atoms with Gasteiger partial charge in [-0.1, -0.05) is 0 Å². The molecule has 0 saturated carbocycles. The van der Waals surface area contributed by atoms with E-state index in [0.29, 0.717) is 0 Å². The summed E-state index contributed by atoms with van der Waals surface area (Å²) >= 11 is 0. The molecule has 5 heteroatoms. The van der Waals surface area contributed by atoms with Gasteiger partial charge in [-0.25, -0.2) is 0 Å². The van der Waals surface area contributed by atoms with E-state index in [1.807, 2.05) is 0 Å². The van der Waals surface area contributed by atoms with Gasteiger partial charge in [0.25, 0.3) is 0 Å². The first-order chi connectivity index (χ1) is 6.83. The monoisotopic (exact) mass is 200 g/mol. The van der Waals surface area contributed by atoms with Crippen molar-refractivity contribution in [1.82, 2.24) is 15.5 Å². The van der Waals surface area contributed by atoms with E-state index in [9.17, 15) is 0 Å². The summed E-state index contributed by atoms with van der Waals surface area (Å²) in [6.07, 6.45) is 0. The van der Waals surface area contributed by atoms with Gasteiger partial charge < -0.3 is 20.3 Å². The lowest BCUT2D eigenvalue weighted by atomic mass is 10.5. The maximum atomic E-state index is 4.99. The van der Waals surface area contributed by atoms with Gasteiger partial charge in [-0.2, -0.15) is 0 Å². The summed E-state index contributed by atoms with van der Waals surface area (Å²) in [6.45, 7) is 5.54.